The number of thioether (sulfide) groups is 2. The summed E-state index contributed by atoms with van der Waals surface area (Å²) in [6.07, 6.45) is -73.1. The predicted octanol–water partition coefficient (Wildman–Crippen LogP) is -13.0. The first-order valence-electron chi connectivity index (χ1n) is 33.2. The molecule has 0 aromatic carbocycles. The molecule has 21 saturated heterocycles. The third-order valence-corrected chi connectivity index (χ3v) is 20.9. The smallest absolute Gasteiger partial charge is 0.321 e. The van der Waals surface area contributed by atoms with Crippen LogP contribution in [0.25, 0.3) is 0 Å². The van der Waals surface area contributed by atoms with Crippen LogP contribution in [0, 0.1) is 5.92 Å². The highest BCUT2D eigenvalue weighted by Crippen LogP contribution is 2.40. The first kappa shape index (κ1) is 86.1. The van der Waals surface area contributed by atoms with Crippen molar-refractivity contribution in [1.82, 2.24) is 5.32 Å². The van der Waals surface area contributed by atoms with Gasteiger partial charge in [-0.1, -0.05) is 0 Å². The largest absolute Gasteiger partial charge is 0.481 e. The summed E-state index contributed by atoms with van der Waals surface area (Å²) in [7, 11) is 1.35. The lowest BCUT2D eigenvalue weighted by Gasteiger charge is -2.50. The number of likely N-dealkylation sites (N-methyl/N-ethyl adjacent to an activating group) is 1. The molecule has 22 N–H and O–H groups in total. The number of carbonyl (C=O) groups is 4. The number of rotatable bonds is 27. The number of aliphatic hydroxyl groups excluding tert-OH is 19. The Kier molecular flexibility index (Phi) is 33.4. The molecule has 103 heavy (non-hydrogen) atoms. The topological polar surface area (TPSA) is 653 Å². The Morgan fingerprint density at radius 1 is 0.350 bits per heavy atom. The van der Waals surface area contributed by atoms with E-state index in [2.05, 4.69) is 5.32 Å². The molecule has 21 fully saturated rings. The van der Waals surface area contributed by atoms with E-state index in [0.717, 1.165) is 23.5 Å². The van der Waals surface area contributed by atoms with E-state index in [9.17, 15) is 126 Å². The SMILES string of the molecule is CNC(CSCC1O[C@@H]2O[C@@H]3C(CO)O[C@H](O[C@@H]4C(CO)O[C@H](O[C@@H]5C(CO)O[C@H](O[C@@H]6C(CSC[C@@H](CC(=O)CCOCCOCCC(C)=O)C(=O)O)O[C@H](O[C@@H]7C(CO)O[C@@H](O[C@@H]8C(CO)O[C@H](O[C@H]1[C@H](O)C2O)C(O)[C@H]8O)C(O)[C@H]7O)C(O)[C@H]6O)C(O)[C@H]5O)C(O)[C@H]4O)C(O)[C@H]3O)C(=O)O. The number of ether oxygens (including phenoxy) is 16. The number of nitrogens with one attached hydrogen (secondary N) is 1. The van der Waals surface area contributed by atoms with Crippen LogP contribution in [-0.2, 0) is 95.0 Å². The number of Topliss-reactive ketones (excluding diaryl/α,β-unsaturated/α-hetero) is 2. The van der Waals surface area contributed by atoms with E-state index >= 15 is 0 Å². The van der Waals surface area contributed by atoms with E-state index in [1.165, 1.54) is 14.0 Å². The van der Waals surface area contributed by atoms with Crippen LogP contribution in [0.15, 0.2) is 0 Å². The van der Waals surface area contributed by atoms with Crippen molar-refractivity contribution < 1.29 is 202 Å². The first-order valence-corrected chi connectivity index (χ1v) is 35.5. The van der Waals surface area contributed by atoms with Gasteiger partial charge >= 0.3 is 11.9 Å². The molecule has 14 bridgehead atoms. The van der Waals surface area contributed by atoms with E-state index in [0.29, 0.717) is 0 Å². The quantitative estimate of drug-likeness (QED) is 0.0340. The Balaban J connectivity index is 1.08. The second-order valence-corrected chi connectivity index (χ2v) is 27.9. The average molecular weight is 1540 g/mol. The summed E-state index contributed by atoms with van der Waals surface area (Å²) in [6.45, 7) is -3.91. The van der Waals surface area contributed by atoms with Crippen molar-refractivity contribution in [3.05, 3.63) is 0 Å². The molecule has 44 heteroatoms. The first-order chi connectivity index (χ1) is 49.0. The molecule has 37 atom stereocenters. The highest BCUT2D eigenvalue weighted by Gasteiger charge is 2.60. The van der Waals surface area contributed by atoms with Gasteiger partial charge in [0.1, 0.15) is 176 Å². The minimum atomic E-state index is -2.31. The standard InChI is InChI=1S/C59H97NO41S2/c1-19(66)3-5-86-7-8-87-6-4-21(67)9-20(51(82)83)15-102-17-28-49-35(73)42(80)58(93-28)98-47-26(13-64)89-55(38(76)31(47)69)97-46-25(12-63)92-57(41(79)34(46)72)101-50-29(18-103-16-22(60-2)52(84)85)94-59(43(81)36(50)74)99-48-27(14-65)90-54(39(77)32(48)70)95-44-23(10-61)88-53(37(75)30(44)68)96-45-24(11-62)91-56(100-49)40(78)33(45)71/h20,22-50,53-65,68-81H,3-18H2,1-2H3,(H,82,83)(H,84,85)/t20-,22?,23?,24?,25?,26?,27?,28?,29?,30-,31-,32-,33-,34-,35-,36-,37?,38?,39?,40?,41?,42?,43?,44-,45-,46-,47-,48-,49-,50-,53-,54-,55+,56-,57-,58-,59-/m1/s1. The second kappa shape index (κ2) is 40.0. The van der Waals surface area contributed by atoms with E-state index < -0.39 is 290 Å². The third-order valence-electron chi connectivity index (χ3n) is 18.6. The van der Waals surface area contributed by atoms with E-state index in [1.54, 1.807) is 0 Å². The molecule has 0 spiro atoms. The number of carboxylic acid groups (broad SMARTS) is 2. The van der Waals surface area contributed by atoms with Crippen LogP contribution in [0.1, 0.15) is 26.2 Å². The molecule has 0 saturated carbocycles. The zero-order valence-electron chi connectivity index (χ0n) is 55.5. The van der Waals surface area contributed by atoms with Gasteiger partial charge in [-0.3, -0.25) is 19.2 Å². The van der Waals surface area contributed by atoms with Gasteiger partial charge in [-0.05, 0) is 14.0 Å². The summed E-state index contributed by atoms with van der Waals surface area (Å²) >= 11 is 1.66. The van der Waals surface area contributed by atoms with Crippen molar-refractivity contribution in [2.75, 3.05) is 89.5 Å². The van der Waals surface area contributed by atoms with Gasteiger partial charge in [-0.2, -0.15) is 23.5 Å². The van der Waals surface area contributed by atoms with Gasteiger partial charge in [-0.25, -0.2) is 0 Å². The molecule has 0 radical (unpaired) electrons. The van der Waals surface area contributed by atoms with Crippen LogP contribution in [0.4, 0.5) is 0 Å². The van der Waals surface area contributed by atoms with Crippen LogP contribution in [-0.4, -0.2) is 441 Å². The number of aliphatic carboxylic acids is 2. The zero-order valence-corrected chi connectivity index (χ0v) is 57.2. The van der Waals surface area contributed by atoms with Crippen molar-refractivity contribution in [2.24, 2.45) is 5.92 Å². The normalized spacial score (nSPS) is 44.9. The molecule has 42 nitrogen and oxygen atoms in total. The van der Waals surface area contributed by atoms with Crippen LogP contribution in [0.3, 0.4) is 0 Å². The van der Waals surface area contributed by atoms with Gasteiger partial charge in [0.15, 0.2) is 44.0 Å². The molecule has 0 amide bonds. The molecule has 21 rings (SSSR count). The maximum Gasteiger partial charge on any atom is 0.321 e. The van der Waals surface area contributed by atoms with Gasteiger partial charge < -0.3 is 188 Å². The number of ketones is 2. The second-order valence-electron chi connectivity index (χ2n) is 25.7. The lowest BCUT2D eigenvalue weighted by molar-refractivity contribution is -0.395. The molecular weight excluding hydrogens is 1440 g/mol. The number of hydrogen-bond donors (Lipinski definition) is 22. The monoisotopic (exact) mass is 1540 g/mol. The Labute approximate surface area is 595 Å². The number of hydrogen-bond acceptors (Lipinski definition) is 42. The van der Waals surface area contributed by atoms with Crippen molar-refractivity contribution in [3.8, 4) is 0 Å². The van der Waals surface area contributed by atoms with Crippen molar-refractivity contribution in [1.29, 1.82) is 0 Å². The van der Waals surface area contributed by atoms with Crippen molar-refractivity contribution >= 4 is 47.0 Å². The van der Waals surface area contributed by atoms with Gasteiger partial charge in [-0.15, -0.1) is 0 Å². The van der Waals surface area contributed by atoms with Gasteiger partial charge in [0.25, 0.3) is 0 Å². The van der Waals surface area contributed by atoms with Crippen molar-refractivity contribution in [2.45, 2.75) is 247 Å². The Morgan fingerprint density at radius 2 is 0.602 bits per heavy atom. The molecule has 21 heterocycles. The van der Waals surface area contributed by atoms with Crippen LogP contribution in [0.2, 0.25) is 0 Å². The highest BCUT2D eigenvalue weighted by molar-refractivity contribution is 7.99. The van der Waals surface area contributed by atoms with Gasteiger partial charge in [0.05, 0.1) is 77.6 Å². The number of aliphatic hydroxyl groups is 19. The van der Waals surface area contributed by atoms with E-state index in [-0.39, 0.29) is 62.3 Å². The Hall–Kier alpha value is -2.46. The minimum Gasteiger partial charge on any atom is -0.481 e. The lowest BCUT2D eigenvalue weighted by Crippen LogP contribution is -2.68. The van der Waals surface area contributed by atoms with Gasteiger partial charge in [0, 0.05) is 42.3 Å². The van der Waals surface area contributed by atoms with E-state index in [1.807, 2.05) is 0 Å². The fourth-order valence-electron chi connectivity index (χ4n) is 12.6. The number of carboxylic acids is 2. The zero-order chi connectivity index (χ0) is 75.4. The molecule has 0 aromatic rings. The molecule has 21 aliphatic rings. The van der Waals surface area contributed by atoms with Crippen LogP contribution < -0.4 is 5.32 Å². The molecule has 0 aromatic heterocycles. The van der Waals surface area contributed by atoms with Gasteiger partial charge in [0.2, 0.25) is 0 Å². The summed E-state index contributed by atoms with van der Waals surface area (Å²) < 4.78 is 93.3. The Bertz CT molecular complexity index is 2610. The van der Waals surface area contributed by atoms with Crippen molar-refractivity contribution in [3.63, 3.8) is 0 Å². The summed E-state index contributed by atoms with van der Waals surface area (Å²) in [5, 5.41) is 239. The highest BCUT2D eigenvalue weighted by atomic mass is 32.2. The van der Waals surface area contributed by atoms with E-state index in [4.69, 9.17) is 75.8 Å². The molecule has 0 aliphatic carbocycles. The maximum atomic E-state index is 13.0. The third kappa shape index (κ3) is 21.0. The predicted molar refractivity (Wildman–Crippen MR) is 332 cm³/mol. The fraction of sp³-hybridized carbons (Fsp3) is 0.932. The average Bonchev–Trinajstić information content (AvgIpc) is 0.785. The van der Waals surface area contributed by atoms with Crippen LogP contribution >= 0.6 is 23.5 Å². The summed E-state index contributed by atoms with van der Waals surface area (Å²) in [5.74, 6) is -6.08. The lowest BCUT2D eigenvalue weighted by atomic mass is 9.95. The summed E-state index contributed by atoms with van der Waals surface area (Å²) in [4.78, 5) is 48.7. The Morgan fingerprint density at radius 3 is 0.845 bits per heavy atom. The molecule has 596 valence electrons. The molecule has 21 aliphatic heterocycles. The minimum absolute atomic E-state index is 0.0645. The maximum absolute atomic E-state index is 13.0. The summed E-state index contributed by atoms with van der Waals surface area (Å²) in [6, 6.07) is -1.18. The fourth-order valence-corrected chi connectivity index (χ4v) is 15.0. The molecular formula is C59H97NO41S2. The summed E-state index contributed by atoms with van der Waals surface area (Å²) in [5.41, 5.74) is 0. The number of carbonyl (C=O) groups excluding carboxylic acids is 2. The molecule has 15 unspecified atom stereocenters. The van der Waals surface area contributed by atoms with Crippen LogP contribution in [0.5, 0.6) is 0 Å².